The van der Waals surface area contributed by atoms with E-state index in [0.29, 0.717) is 5.71 Å². The molecule has 0 aliphatic heterocycles. The molecule has 22 heavy (non-hydrogen) atoms. The first-order valence-electron chi connectivity index (χ1n) is 6.93. The van der Waals surface area contributed by atoms with Crippen LogP contribution in [0.2, 0.25) is 0 Å². The van der Waals surface area contributed by atoms with E-state index in [9.17, 15) is 9.18 Å². The monoisotopic (exact) mass is 304 g/mol. The number of hydrogen-bond donors (Lipinski definition) is 1. The van der Waals surface area contributed by atoms with Crippen molar-refractivity contribution in [3.63, 3.8) is 0 Å². The number of hydrogen-bond acceptors (Lipinski definition) is 4. The zero-order valence-corrected chi connectivity index (χ0v) is 13.4. The standard InChI is InChI=1S/C11H11FN2O2.C6H10/c1-7(15)3-4-8(13-2)9-5-6-10(16)11(12)14-9;1-3-5-6-4-2/h3-6,16H,1-2H3;3-4H2,1-2H3/b4-3-,13-8?;. The van der Waals surface area contributed by atoms with Crippen molar-refractivity contribution in [2.45, 2.75) is 33.6 Å². The number of rotatable bonds is 3. The van der Waals surface area contributed by atoms with Crippen LogP contribution in [0.1, 0.15) is 39.3 Å². The Labute approximate surface area is 130 Å². The molecule has 0 aliphatic rings. The number of aromatic nitrogens is 1. The summed E-state index contributed by atoms with van der Waals surface area (Å²) in [4.78, 5) is 18.1. The van der Waals surface area contributed by atoms with Crippen LogP contribution in [-0.2, 0) is 4.79 Å². The lowest BCUT2D eigenvalue weighted by molar-refractivity contribution is -0.112. The van der Waals surface area contributed by atoms with Crippen LogP contribution in [0.4, 0.5) is 4.39 Å². The molecule has 0 amide bonds. The molecule has 0 atom stereocenters. The van der Waals surface area contributed by atoms with Gasteiger partial charge in [0.25, 0.3) is 5.95 Å². The molecule has 1 heterocycles. The lowest BCUT2D eigenvalue weighted by Crippen LogP contribution is -2.02. The van der Waals surface area contributed by atoms with Crippen molar-refractivity contribution in [3.8, 4) is 17.6 Å². The maximum atomic E-state index is 13.0. The summed E-state index contributed by atoms with van der Waals surface area (Å²) in [7, 11) is 1.51. The number of pyridine rings is 1. The molecule has 0 fully saturated rings. The van der Waals surface area contributed by atoms with Crippen molar-refractivity contribution >= 4 is 11.5 Å². The third-order valence-electron chi connectivity index (χ3n) is 2.29. The van der Waals surface area contributed by atoms with Gasteiger partial charge in [0.05, 0.1) is 11.4 Å². The fourth-order valence-corrected chi connectivity index (χ4v) is 1.29. The van der Waals surface area contributed by atoms with Crippen molar-refractivity contribution < 1.29 is 14.3 Å². The zero-order valence-electron chi connectivity index (χ0n) is 13.4. The van der Waals surface area contributed by atoms with Crippen LogP contribution in [0, 0.1) is 17.8 Å². The number of allylic oxidation sites excluding steroid dienone is 2. The van der Waals surface area contributed by atoms with Crippen molar-refractivity contribution in [3.05, 3.63) is 35.9 Å². The second-order valence-electron chi connectivity index (χ2n) is 4.12. The Bertz CT molecular complexity index is 603. The maximum Gasteiger partial charge on any atom is 0.255 e. The molecule has 0 aliphatic carbocycles. The fourth-order valence-electron chi connectivity index (χ4n) is 1.29. The van der Waals surface area contributed by atoms with E-state index >= 15 is 0 Å². The third-order valence-corrected chi connectivity index (χ3v) is 2.29. The highest BCUT2D eigenvalue weighted by Gasteiger charge is 2.06. The first-order chi connectivity index (χ1) is 10.5. The highest BCUT2D eigenvalue weighted by Crippen LogP contribution is 2.13. The van der Waals surface area contributed by atoms with Crippen LogP contribution in [-0.4, -0.2) is 28.6 Å². The van der Waals surface area contributed by atoms with Crippen LogP contribution >= 0.6 is 0 Å². The fraction of sp³-hybridized carbons (Fsp3) is 0.353. The van der Waals surface area contributed by atoms with Gasteiger partial charge >= 0.3 is 0 Å². The highest BCUT2D eigenvalue weighted by atomic mass is 19.1. The first kappa shape index (κ1) is 19.5. The van der Waals surface area contributed by atoms with Crippen molar-refractivity contribution in [2.24, 2.45) is 4.99 Å². The molecule has 1 N–H and O–H groups in total. The Morgan fingerprint density at radius 3 is 2.32 bits per heavy atom. The third kappa shape index (κ3) is 7.95. The minimum atomic E-state index is -0.963. The van der Waals surface area contributed by atoms with Gasteiger partial charge in [0.1, 0.15) is 0 Å². The number of carbonyl (C=O) groups is 1. The molecule has 118 valence electrons. The summed E-state index contributed by atoms with van der Waals surface area (Å²) < 4.78 is 13.0. The van der Waals surface area contributed by atoms with E-state index in [1.807, 2.05) is 0 Å². The number of ketones is 1. The summed E-state index contributed by atoms with van der Waals surface area (Å²) in [5.41, 5.74) is 0.629. The molecule has 5 heteroatoms. The Morgan fingerprint density at radius 2 is 1.91 bits per heavy atom. The van der Waals surface area contributed by atoms with Crippen LogP contribution in [0.25, 0.3) is 0 Å². The molecule has 0 spiro atoms. The molecular weight excluding hydrogens is 283 g/mol. The van der Waals surface area contributed by atoms with Crippen molar-refractivity contribution in [1.29, 1.82) is 0 Å². The van der Waals surface area contributed by atoms with Gasteiger partial charge in [-0.3, -0.25) is 9.79 Å². The Kier molecular flexibility index (Phi) is 9.95. The average molecular weight is 304 g/mol. The largest absolute Gasteiger partial charge is 0.504 e. The van der Waals surface area contributed by atoms with Gasteiger partial charge in [0.2, 0.25) is 0 Å². The molecule has 0 unspecified atom stereocenters. The minimum absolute atomic E-state index is 0.139. The molecule has 0 saturated carbocycles. The molecule has 1 rings (SSSR count). The summed E-state index contributed by atoms with van der Waals surface area (Å²) in [6.07, 6.45) is 4.75. The topological polar surface area (TPSA) is 62.5 Å². The van der Waals surface area contributed by atoms with Gasteiger partial charge < -0.3 is 5.11 Å². The van der Waals surface area contributed by atoms with Crippen molar-refractivity contribution in [2.75, 3.05) is 7.05 Å². The van der Waals surface area contributed by atoms with Gasteiger partial charge in [-0.2, -0.15) is 4.39 Å². The van der Waals surface area contributed by atoms with Crippen LogP contribution in [0.15, 0.2) is 29.3 Å². The molecular formula is C17H21FN2O2. The second-order valence-corrected chi connectivity index (χ2v) is 4.12. The average Bonchev–Trinajstić information content (AvgIpc) is 2.49. The van der Waals surface area contributed by atoms with E-state index in [1.54, 1.807) is 0 Å². The summed E-state index contributed by atoms with van der Waals surface area (Å²) in [5.74, 6) is 4.28. The van der Waals surface area contributed by atoms with Gasteiger partial charge in [-0.25, -0.2) is 4.98 Å². The molecule has 1 aromatic heterocycles. The van der Waals surface area contributed by atoms with E-state index in [-0.39, 0.29) is 11.5 Å². The lowest BCUT2D eigenvalue weighted by atomic mass is 10.2. The maximum absolute atomic E-state index is 13.0. The normalized spacial score (nSPS) is 10.5. The number of carbonyl (C=O) groups excluding carboxylic acids is 1. The van der Waals surface area contributed by atoms with Gasteiger partial charge in [0.15, 0.2) is 11.5 Å². The summed E-state index contributed by atoms with van der Waals surface area (Å²) in [6.45, 7) is 5.51. The Hall–Kier alpha value is -2.48. The highest BCUT2D eigenvalue weighted by molar-refractivity contribution is 6.09. The summed E-state index contributed by atoms with van der Waals surface area (Å²) in [6, 6.07) is 2.61. The van der Waals surface area contributed by atoms with Crippen molar-refractivity contribution in [1.82, 2.24) is 4.98 Å². The predicted octanol–water partition coefficient (Wildman–Crippen LogP) is 3.30. The minimum Gasteiger partial charge on any atom is -0.504 e. The smallest absolute Gasteiger partial charge is 0.255 e. The first-order valence-corrected chi connectivity index (χ1v) is 6.93. The Balaban J connectivity index is 0.000000626. The molecule has 0 bridgehead atoms. The summed E-state index contributed by atoms with van der Waals surface area (Å²) >= 11 is 0. The van der Waals surface area contributed by atoms with E-state index in [2.05, 4.69) is 35.7 Å². The number of aromatic hydroxyl groups is 1. The summed E-state index contributed by atoms with van der Waals surface area (Å²) in [5, 5.41) is 8.97. The van der Waals surface area contributed by atoms with E-state index in [1.165, 1.54) is 38.3 Å². The van der Waals surface area contributed by atoms with E-state index in [0.717, 1.165) is 12.8 Å². The van der Waals surface area contributed by atoms with Gasteiger partial charge in [-0.05, 0) is 31.2 Å². The zero-order chi connectivity index (χ0) is 17.0. The lowest BCUT2D eigenvalue weighted by Gasteiger charge is -2.00. The van der Waals surface area contributed by atoms with E-state index < -0.39 is 11.7 Å². The van der Waals surface area contributed by atoms with Crippen LogP contribution in [0.5, 0.6) is 5.75 Å². The van der Waals surface area contributed by atoms with Gasteiger partial charge in [0, 0.05) is 19.9 Å². The molecule has 4 nitrogen and oxygen atoms in total. The predicted molar refractivity (Wildman–Crippen MR) is 86.5 cm³/mol. The number of nitrogens with zero attached hydrogens (tertiary/aromatic N) is 2. The van der Waals surface area contributed by atoms with Gasteiger partial charge in [-0.15, -0.1) is 11.8 Å². The molecule has 0 radical (unpaired) electrons. The van der Waals surface area contributed by atoms with Crippen LogP contribution in [0.3, 0.4) is 0 Å². The van der Waals surface area contributed by atoms with Gasteiger partial charge in [-0.1, -0.05) is 13.8 Å². The molecule has 1 aromatic rings. The number of halogens is 1. The van der Waals surface area contributed by atoms with E-state index in [4.69, 9.17) is 5.11 Å². The SMILES string of the molecule is CCC#CCC.CN=C(/C=C\C(C)=O)c1ccc(O)c(F)n1. The van der Waals surface area contributed by atoms with Crippen LogP contribution < -0.4 is 0 Å². The number of aliphatic imine (C=N–C) groups is 1. The molecule has 0 aromatic carbocycles. The second kappa shape index (κ2) is 11.2. The molecule has 0 saturated heterocycles. The quantitative estimate of drug-likeness (QED) is 0.403. The Morgan fingerprint density at radius 1 is 1.32 bits per heavy atom.